The van der Waals surface area contributed by atoms with Crippen molar-refractivity contribution in [2.75, 3.05) is 7.11 Å². The number of nitrogens with zero attached hydrogens (tertiary/aromatic N) is 2. The maximum Gasteiger partial charge on any atom is 0.166 e. The van der Waals surface area contributed by atoms with Crippen LogP contribution in [0.5, 0.6) is 11.5 Å². The minimum Gasteiger partial charge on any atom is -0.493 e. The monoisotopic (exact) mass is 462 g/mol. The minimum absolute atomic E-state index is 0.215. The van der Waals surface area contributed by atoms with Crippen molar-refractivity contribution in [3.05, 3.63) is 89.0 Å². The molecule has 4 heteroatoms. The molecule has 4 nitrogen and oxygen atoms in total. The predicted molar refractivity (Wildman–Crippen MR) is 142 cm³/mol. The molecule has 3 heterocycles. The number of methoxy groups -OCH3 is 1. The molecule has 0 saturated carbocycles. The molecule has 0 N–H and O–H groups in total. The molecule has 2 aliphatic rings. The summed E-state index contributed by atoms with van der Waals surface area (Å²) in [7, 11) is 1.72. The van der Waals surface area contributed by atoms with Gasteiger partial charge in [0.25, 0.3) is 0 Å². The van der Waals surface area contributed by atoms with Gasteiger partial charge in [-0.05, 0) is 63.9 Å². The average Bonchev–Trinajstić information content (AvgIpc) is 3.17. The predicted octanol–water partition coefficient (Wildman–Crippen LogP) is 6.80. The van der Waals surface area contributed by atoms with Gasteiger partial charge in [-0.3, -0.25) is 4.99 Å². The Morgan fingerprint density at radius 1 is 0.857 bits per heavy atom. The van der Waals surface area contributed by atoms with Crippen molar-refractivity contribution in [3.63, 3.8) is 0 Å². The van der Waals surface area contributed by atoms with Crippen LogP contribution in [0.2, 0.25) is 0 Å². The number of ether oxygens (including phenoxy) is 2. The molecule has 0 spiro atoms. The fourth-order valence-corrected chi connectivity index (χ4v) is 5.48. The highest BCUT2D eigenvalue weighted by atomic mass is 16.5. The van der Waals surface area contributed by atoms with Gasteiger partial charge in [0, 0.05) is 34.1 Å². The average molecular weight is 463 g/mol. The molecule has 35 heavy (non-hydrogen) atoms. The molecule has 0 atom stereocenters. The van der Waals surface area contributed by atoms with Crippen molar-refractivity contribution < 1.29 is 9.47 Å². The third-order valence-corrected chi connectivity index (χ3v) is 6.93. The summed E-state index contributed by atoms with van der Waals surface area (Å²) in [5.74, 6) is 1.67. The maximum atomic E-state index is 6.36. The van der Waals surface area contributed by atoms with Crippen LogP contribution in [0, 0.1) is 0 Å². The van der Waals surface area contributed by atoms with Crippen LogP contribution < -0.4 is 9.47 Å². The number of para-hydroxylation sites is 1. The van der Waals surface area contributed by atoms with Crippen molar-refractivity contribution in [1.82, 2.24) is 4.98 Å². The van der Waals surface area contributed by atoms with Gasteiger partial charge in [-0.15, -0.1) is 0 Å². The molecule has 2 aliphatic heterocycles. The van der Waals surface area contributed by atoms with E-state index < -0.39 is 0 Å². The van der Waals surface area contributed by atoms with Crippen LogP contribution in [0.15, 0.2) is 71.7 Å². The summed E-state index contributed by atoms with van der Waals surface area (Å²) in [5, 5.41) is 1.15. The van der Waals surface area contributed by atoms with E-state index in [9.17, 15) is 0 Å². The lowest BCUT2D eigenvalue weighted by Gasteiger charge is -2.31. The van der Waals surface area contributed by atoms with Gasteiger partial charge >= 0.3 is 0 Å². The lowest BCUT2D eigenvalue weighted by molar-refractivity contribution is 0.134. The van der Waals surface area contributed by atoms with Crippen LogP contribution in [0.4, 0.5) is 0 Å². The number of aromatic nitrogens is 1. The molecule has 0 unspecified atom stereocenters. The summed E-state index contributed by atoms with van der Waals surface area (Å²) in [6.07, 6.45) is 1.69. The SMILES string of the molecule is COc1cc2c(c3c1OC(C)(C)C3)C(c1cccc(-c3ccc4ccccc4n3)c1)=NC(C)(C)C2. The topological polar surface area (TPSA) is 43.7 Å². The van der Waals surface area contributed by atoms with E-state index in [4.69, 9.17) is 19.5 Å². The molecule has 0 saturated heterocycles. The summed E-state index contributed by atoms with van der Waals surface area (Å²) in [6.45, 7) is 8.67. The van der Waals surface area contributed by atoms with E-state index in [0.717, 1.165) is 57.8 Å². The Bertz CT molecular complexity index is 1510. The minimum atomic E-state index is -0.278. The quantitative estimate of drug-likeness (QED) is 0.336. The molecule has 0 aliphatic carbocycles. The Hall–Kier alpha value is -3.66. The molecule has 6 rings (SSSR count). The summed E-state index contributed by atoms with van der Waals surface area (Å²) in [6, 6.07) is 23.2. The molecule has 0 fully saturated rings. The molecular formula is C31H30N2O2. The van der Waals surface area contributed by atoms with Gasteiger partial charge in [-0.25, -0.2) is 4.98 Å². The summed E-state index contributed by atoms with van der Waals surface area (Å²) >= 11 is 0. The zero-order valence-corrected chi connectivity index (χ0v) is 21.0. The number of hydrogen-bond donors (Lipinski definition) is 0. The fourth-order valence-electron chi connectivity index (χ4n) is 5.48. The van der Waals surface area contributed by atoms with Gasteiger partial charge in [-0.2, -0.15) is 0 Å². The van der Waals surface area contributed by atoms with Crippen LogP contribution in [-0.4, -0.2) is 28.9 Å². The third kappa shape index (κ3) is 3.78. The Morgan fingerprint density at radius 2 is 1.66 bits per heavy atom. The first-order valence-electron chi connectivity index (χ1n) is 12.2. The van der Waals surface area contributed by atoms with Crippen molar-refractivity contribution in [1.29, 1.82) is 0 Å². The van der Waals surface area contributed by atoms with Crippen molar-refractivity contribution in [3.8, 4) is 22.8 Å². The lowest BCUT2D eigenvalue weighted by atomic mass is 9.80. The molecule has 1 aromatic heterocycles. The zero-order valence-electron chi connectivity index (χ0n) is 21.0. The first-order chi connectivity index (χ1) is 16.7. The van der Waals surface area contributed by atoms with Crippen LogP contribution in [0.3, 0.4) is 0 Å². The first kappa shape index (κ1) is 21.8. The smallest absolute Gasteiger partial charge is 0.166 e. The number of pyridine rings is 1. The van der Waals surface area contributed by atoms with E-state index in [1.165, 1.54) is 16.7 Å². The van der Waals surface area contributed by atoms with Crippen molar-refractivity contribution >= 4 is 16.6 Å². The van der Waals surface area contributed by atoms with Gasteiger partial charge in [-0.1, -0.05) is 42.5 Å². The second-order valence-electron chi connectivity index (χ2n) is 10.9. The molecule has 3 aromatic carbocycles. The Morgan fingerprint density at radius 3 is 2.49 bits per heavy atom. The Balaban J connectivity index is 1.52. The standard InChI is InChI=1S/C31H30N2O2/c1-30(2)17-22-16-26(34-5)29-23(18-31(3,4)35-29)27(22)28(33-30)21-11-8-10-20(15-21)25-14-13-19-9-6-7-12-24(19)32-25/h6-16H,17-18H2,1-5H3. The number of benzene rings is 3. The largest absolute Gasteiger partial charge is 0.493 e. The highest BCUT2D eigenvalue weighted by molar-refractivity contribution is 6.16. The van der Waals surface area contributed by atoms with Gasteiger partial charge in [0.05, 0.1) is 29.6 Å². The highest BCUT2D eigenvalue weighted by Gasteiger charge is 2.39. The number of rotatable bonds is 3. The van der Waals surface area contributed by atoms with E-state index in [1.807, 2.05) is 12.1 Å². The number of hydrogen-bond acceptors (Lipinski definition) is 4. The van der Waals surface area contributed by atoms with Crippen LogP contribution in [0.1, 0.15) is 49.9 Å². The molecule has 0 amide bonds. The first-order valence-corrected chi connectivity index (χ1v) is 12.2. The summed E-state index contributed by atoms with van der Waals surface area (Å²) in [5.41, 5.74) is 8.36. The highest BCUT2D eigenvalue weighted by Crippen LogP contribution is 2.48. The fraction of sp³-hybridized carbons (Fsp3) is 0.290. The second kappa shape index (κ2) is 7.67. The van der Waals surface area contributed by atoms with Crippen LogP contribution >= 0.6 is 0 Å². The summed E-state index contributed by atoms with van der Waals surface area (Å²) < 4.78 is 12.1. The van der Waals surface area contributed by atoms with Gasteiger partial charge in [0.1, 0.15) is 5.60 Å². The Labute approximate surface area is 206 Å². The van der Waals surface area contributed by atoms with Crippen LogP contribution in [-0.2, 0) is 12.8 Å². The van der Waals surface area contributed by atoms with Gasteiger partial charge in [0.15, 0.2) is 11.5 Å². The van der Waals surface area contributed by atoms with E-state index in [2.05, 4.69) is 82.3 Å². The Kier molecular flexibility index (Phi) is 4.79. The maximum absolute atomic E-state index is 6.36. The molecule has 176 valence electrons. The van der Waals surface area contributed by atoms with E-state index in [-0.39, 0.29) is 11.1 Å². The van der Waals surface area contributed by atoms with E-state index in [1.54, 1.807) is 7.11 Å². The molecule has 0 radical (unpaired) electrons. The zero-order chi connectivity index (χ0) is 24.4. The van der Waals surface area contributed by atoms with Gasteiger partial charge in [0.2, 0.25) is 0 Å². The molecule has 0 bridgehead atoms. The van der Waals surface area contributed by atoms with Gasteiger partial charge < -0.3 is 9.47 Å². The van der Waals surface area contributed by atoms with Crippen molar-refractivity contribution in [2.45, 2.75) is 51.7 Å². The molecule has 4 aromatic rings. The third-order valence-electron chi connectivity index (χ3n) is 6.93. The molecular weight excluding hydrogens is 432 g/mol. The number of fused-ring (bicyclic) bond motifs is 4. The van der Waals surface area contributed by atoms with Crippen molar-refractivity contribution in [2.24, 2.45) is 4.99 Å². The lowest BCUT2D eigenvalue weighted by Crippen LogP contribution is -2.30. The summed E-state index contributed by atoms with van der Waals surface area (Å²) in [4.78, 5) is 10.2. The number of aliphatic imine (C=N–C) groups is 1. The van der Waals surface area contributed by atoms with E-state index in [0.29, 0.717) is 0 Å². The van der Waals surface area contributed by atoms with E-state index >= 15 is 0 Å². The normalized spacial score (nSPS) is 17.3. The van der Waals surface area contributed by atoms with Crippen LogP contribution in [0.25, 0.3) is 22.2 Å². The second-order valence-corrected chi connectivity index (χ2v) is 10.9.